The maximum absolute atomic E-state index is 11.8. The van der Waals surface area contributed by atoms with Crippen LogP contribution in [0.5, 0.6) is 0 Å². The maximum atomic E-state index is 11.8. The number of nitrogens with one attached hydrogen (secondary N) is 1. The zero-order valence-corrected chi connectivity index (χ0v) is 10.3. The fourth-order valence-corrected chi connectivity index (χ4v) is 1.89. The number of carbonyl (C=O) groups is 1. The molecule has 16 heavy (non-hydrogen) atoms. The average molecular weight is 225 g/mol. The fraction of sp³-hybridized carbons (Fsp3) is 0.769. The van der Waals surface area contributed by atoms with E-state index in [0.717, 1.165) is 25.7 Å². The van der Waals surface area contributed by atoms with Crippen LogP contribution in [0.1, 0.15) is 39.5 Å². The van der Waals surface area contributed by atoms with E-state index in [1.165, 1.54) is 0 Å². The molecule has 0 aromatic carbocycles. The molecule has 0 saturated carbocycles. The third-order valence-electron chi connectivity index (χ3n) is 3.17. The standard InChI is InChI=1S/C13H23NO2/c1-13(2,8-9-15)10-14-12(16)11-6-4-3-5-7-11/h3-4,11,15H,5-10H2,1-2H3,(H,14,16). The van der Waals surface area contributed by atoms with E-state index in [4.69, 9.17) is 5.11 Å². The Labute approximate surface area is 97.9 Å². The predicted octanol–water partition coefficient (Wildman–Crippen LogP) is 1.87. The summed E-state index contributed by atoms with van der Waals surface area (Å²) >= 11 is 0. The molecule has 0 heterocycles. The van der Waals surface area contributed by atoms with E-state index in [1.54, 1.807) is 0 Å². The van der Waals surface area contributed by atoms with Gasteiger partial charge in [-0.25, -0.2) is 0 Å². The van der Waals surface area contributed by atoms with E-state index < -0.39 is 0 Å². The molecular formula is C13H23NO2. The van der Waals surface area contributed by atoms with E-state index in [2.05, 4.69) is 31.3 Å². The molecule has 0 saturated heterocycles. The Morgan fingerprint density at radius 2 is 2.25 bits per heavy atom. The molecule has 0 bridgehead atoms. The molecule has 92 valence electrons. The summed E-state index contributed by atoms with van der Waals surface area (Å²) in [7, 11) is 0. The molecule has 0 fully saturated rings. The number of hydrogen-bond acceptors (Lipinski definition) is 2. The number of carbonyl (C=O) groups excluding carboxylic acids is 1. The van der Waals surface area contributed by atoms with Crippen molar-refractivity contribution in [2.45, 2.75) is 39.5 Å². The molecule has 1 aliphatic carbocycles. The molecule has 3 nitrogen and oxygen atoms in total. The van der Waals surface area contributed by atoms with Crippen molar-refractivity contribution in [3.63, 3.8) is 0 Å². The first kappa shape index (κ1) is 13.2. The Kier molecular flexibility index (Phi) is 5.00. The monoisotopic (exact) mass is 225 g/mol. The van der Waals surface area contributed by atoms with Crippen molar-refractivity contribution >= 4 is 5.91 Å². The highest BCUT2D eigenvalue weighted by atomic mass is 16.3. The Balaban J connectivity index is 2.31. The van der Waals surface area contributed by atoms with Crippen LogP contribution in [-0.4, -0.2) is 24.2 Å². The van der Waals surface area contributed by atoms with E-state index in [0.29, 0.717) is 6.54 Å². The third-order valence-corrected chi connectivity index (χ3v) is 3.17. The zero-order valence-electron chi connectivity index (χ0n) is 10.3. The van der Waals surface area contributed by atoms with Gasteiger partial charge in [-0.05, 0) is 31.1 Å². The number of amides is 1. The summed E-state index contributed by atoms with van der Waals surface area (Å²) < 4.78 is 0. The van der Waals surface area contributed by atoms with Crippen LogP contribution in [0.25, 0.3) is 0 Å². The minimum atomic E-state index is -0.0189. The number of allylic oxidation sites excluding steroid dienone is 2. The topological polar surface area (TPSA) is 49.3 Å². The molecule has 1 rings (SSSR count). The molecule has 1 unspecified atom stereocenters. The maximum Gasteiger partial charge on any atom is 0.223 e. The first-order valence-corrected chi connectivity index (χ1v) is 6.09. The Morgan fingerprint density at radius 1 is 1.50 bits per heavy atom. The molecule has 0 radical (unpaired) electrons. The van der Waals surface area contributed by atoms with Crippen LogP contribution in [0.4, 0.5) is 0 Å². The smallest absolute Gasteiger partial charge is 0.223 e. The van der Waals surface area contributed by atoms with Crippen molar-refractivity contribution in [3.8, 4) is 0 Å². The summed E-state index contributed by atoms with van der Waals surface area (Å²) in [5, 5.41) is 11.9. The molecular weight excluding hydrogens is 202 g/mol. The van der Waals surface area contributed by atoms with E-state index in [1.807, 2.05) is 0 Å². The Bertz CT molecular complexity index is 259. The number of aliphatic hydroxyl groups is 1. The highest BCUT2D eigenvalue weighted by molar-refractivity contribution is 5.79. The molecule has 3 heteroatoms. The van der Waals surface area contributed by atoms with E-state index in [-0.39, 0.29) is 23.8 Å². The summed E-state index contributed by atoms with van der Waals surface area (Å²) in [6.07, 6.45) is 7.79. The van der Waals surface area contributed by atoms with Crippen LogP contribution in [0, 0.1) is 11.3 Å². The number of hydrogen-bond donors (Lipinski definition) is 2. The van der Waals surface area contributed by atoms with Gasteiger partial charge in [0.2, 0.25) is 5.91 Å². The molecule has 2 N–H and O–H groups in total. The van der Waals surface area contributed by atoms with Crippen molar-refractivity contribution in [2.24, 2.45) is 11.3 Å². The first-order chi connectivity index (χ1) is 7.55. The minimum absolute atomic E-state index is 0.0189. The van der Waals surface area contributed by atoms with Crippen LogP contribution in [0.15, 0.2) is 12.2 Å². The highest BCUT2D eigenvalue weighted by Gasteiger charge is 2.22. The van der Waals surface area contributed by atoms with Crippen LogP contribution in [0.3, 0.4) is 0 Å². The lowest BCUT2D eigenvalue weighted by atomic mass is 9.88. The van der Waals surface area contributed by atoms with Gasteiger partial charge in [0.1, 0.15) is 0 Å². The quantitative estimate of drug-likeness (QED) is 0.702. The molecule has 0 spiro atoms. The SMILES string of the molecule is CC(C)(CCO)CNC(=O)C1CC=CCC1. The zero-order chi connectivity index (χ0) is 12.0. The van der Waals surface area contributed by atoms with Crippen LogP contribution < -0.4 is 5.32 Å². The van der Waals surface area contributed by atoms with Gasteiger partial charge in [-0.1, -0.05) is 26.0 Å². The van der Waals surface area contributed by atoms with Crippen molar-refractivity contribution in [1.29, 1.82) is 0 Å². The summed E-state index contributed by atoms with van der Waals surface area (Å²) in [5.74, 6) is 0.310. The van der Waals surface area contributed by atoms with Gasteiger partial charge < -0.3 is 10.4 Å². The van der Waals surface area contributed by atoms with Crippen molar-refractivity contribution in [2.75, 3.05) is 13.2 Å². The molecule has 0 aromatic rings. The molecule has 1 atom stereocenters. The third kappa shape index (κ3) is 4.35. The van der Waals surface area contributed by atoms with Crippen molar-refractivity contribution < 1.29 is 9.90 Å². The van der Waals surface area contributed by atoms with Crippen LogP contribution >= 0.6 is 0 Å². The second-order valence-electron chi connectivity index (χ2n) is 5.34. The Hall–Kier alpha value is -0.830. The second kappa shape index (κ2) is 6.04. The summed E-state index contributed by atoms with van der Waals surface area (Å²) in [6.45, 7) is 4.94. The largest absolute Gasteiger partial charge is 0.396 e. The lowest BCUT2D eigenvalue weighted by molar-refractivity contribution is -0.125. The Morgan fingerprint density at radius 3 is 2.81 bits per heavy atom. The van der Waals surface area contributed by atoms with Gasteiger partial charge >= 0.3 is 0 Å². The van der Waals surface area contributed by atoms with Crippen molar-refractivity contribution in [3.05, 3.63) is 12.2 Å². The van der Waals surface area contributed by atoms with Gasteiger partial charge in [0.15, 0.2) is 0 Å². The summed E-state index contributed by atoms with van der Waals surface area (Å²) in [6, 6.07) is 0. The van der Waals surface area contributed by atoms with Gasteiger partial charge in [-0.3, -0.25) is 4.79 Å². The lowest BCUT2D eigenvalue weighted by Gasteiger charge is -2.25. The van der Waals surface area contributed by atoms with Gasteiger partial charge in [0.05, 0.1) is 0 Å². The molecule has 0 aliphatic heterocycles. The molecule has 0 aromatic heterocycles. The summed E-state index contributed by atoms with van der Waals surface area (Å²) in [5.41, 5.74) is -0.0189. The van der Waals surface area contributed by atoms with Gasteiger partial charge in [0.25, 0.3) is 0 Å². The van der Waals surface area contributed by atoms with Gasteiger partial charge in [-0.15, -0.1) is 0 Å². The second-order valence-corrected chi connectivity index (χ2v) is 5.34. The van der Waals surface area contributed by atoms with Crippen molar-refractivity contribution in [1.82, 2.24) is 5.32 Å². The predicted molar refractivity (Wildman–Crippen MR) is 65.0 cm³/mol. The van der Waals surface area contributed by atoms with Crippen LogP contribution in [-0.2, 0) is 4.79 Å². The first-order valence-electron chi connectivity index (χ1n) is 6.09. The van der Waals surface area contributed by atoms with Crippen LogP contribution in [0.2, 0.25) is 0 Å². The normalized spacial score (nSPS) is 20.8. The summed E-state index contributed by atoms with van der Waals surface area (Å²) in [4.78, 5) is 11.8. The number of aliphatic hydroxyl groups excluding tert-OH is 1. The number of rotatable bonds is 5. The lowest BCUT2D eigenvalue weighted by Crippen LogP contribution is -2.38. The van der Waals surface area contributed by atoms with Gasteiger partial charge in [0, 0.05) is 19.1 Å². The minimum Gasteiger partial charge on any atom is -0.396 e. The average Bonchev–Trinajstić information content (AvgIpc) is 2.27. The molecule has 1 aliphatic rings. The van der Waals surface area contributed by atoms with E-state index >= 15 is 0 Å². The molecule has 1 amide bonds. The fourth-order valence-electron chi connectivity index (χ4n) is 1.89. The van der Waals surface area contributed by atoms with E-state index in [9.17, 15) is 4.79 Å². The van der Waals surface area contributed by atoms with Gasteiger partial charge in [-0.2, -0.15) is 0 Å². The highest BCUT2D eigenvalue weighted by Crippen LogP contribution is 2.21.